The first-order valence-electron chi connectivity index (χ1n) is 14.1. The van der Waals surface area contributed by atoms with Gasteiger partial charge in [0.1, 0.15) is 17.2 Å². The molecule has 2 aromatic rings. The molecule has 8 nitrogen and oxygen atoms in total. The smallest absolute Gasteiger partial charge is 0.415 e. The second kappa shape index (κ2) is 12.7. The summed E-state index contributed by atoms with van der Waals surface area (Å²) in [5.74, 6) is -0.549. The van der Waals surface area contributed by atoms with Gasteiger partial charge >= 0.3 is 12.2 Å². The van der Waals surface area contributed by atoms with Gasteiger partial charge in [-0.25, -0.2) is 14.0 Å². The van der Waals surface area contributed by atoms with Crippen LogP contribution in [0.2, 0.25) is 5.02 Å². The van der Waals surface area contributed by atoms with E-state index in [1.54, 1.807) is 21.9 Å². The van der Waals surface area contributed by atoms with Gasteiger partial charge in [-0.1, -0.05) is 23.7 Å². The largest absolute Gasteiger partial charge is 0.444 e. The minimum absolute atomic E-state index is 0.0194. The fourth-order valence-electron chi connectivity index (χ4n) is 5.57. The molecule has 41 heavy (non-hydrogen) atoms. The number of amides is 3. The Morgan fingerprint density at radius 2 is 1.56 bits per heavy atom. The summed E-state index contributed by atoms with van der Waals surface area (Å²) in [6.45, 7) is 11.0. The molecular weight excluding hydrogens is 549 g/mol. The lowest BCUT2D eigenvalue weighted by Crippen LogP contribution is -2.50. The lowest BCUT2D eigenvalue weighted by Gasteiger charge is -2.35. The predicted octanol–water partition coefficient (Wildman–Crippen LogP) is 6.33. The molecule has 0 spiro atoms. The summed E-state index contributed by atoms with van der Waals surface area (Å²) in [5.41, 5.74) is 0.389. The standard InChI is InChI=1S/C31H39ClFN3O5/c1-20(2)36(30(39)40-25-12-10-24(33)11-13-25)27-19-35(18-26(27)21-6-8-23(32)9-7-21)28(37)22-14-16-34(17-15-22)29(38)41-31(3,4)5/h6-13,20,22,26-27H,14-19H2,1-5H3/t26-,27?/m1/s1. The zero-order valence-corrected chi connectivity index (χ0v) is 25.1. The zero-order valence-electron chi connectivity index (χ0n) is 24.3. The number of rotatable bonds is 5. The molecule has 0 saturated carbocycles. The second-order valence-electron chi connectivity index (χ2n) is 12.0. The van der Waals surface area contributed by atoms with Crippen LogP contribution in [0.5, 0.6) is 5.75 Å². The Balaban J connectivity index is 1.51. The Morgan fingerprint density at radius 1 is 0.951 bits per heavy atom. The van der Waals surface area contributed by atoms with Crippen LogP contribution >= 0.6 is 11.6 Å². The van der Waals surface area contributed by atoms with Crippen LogP contribution in [0.25, 0.3) is 0 Å². The van der Waals surface area contributed by atoms with Crippen LogP contribution < -0.4 is 4.74 Å². The maximum Gasteiger partial charge on any atom is 0.415 e. The summed E-state index contributed by atoms with van der Waals surface area (Å²) in [6.07, 6.45) is 0.173. The number of likely N-dealkylation sites (tertiary alicyclic amines) is 2. The number of ether oxygens (including phenoxy) is 2. The molecule has 0 aromatic heterocycles. The normalized spacial score (nSPS) is 19.8. The molecule has 222 valence electrons. The first kappa shape index (κ1) is 30.6. The van der Waals surface area contributed by atoms with E-state index >= 15 is 0 Å². The van der Waals surface area contributed by atoms with Gasteiger partial charge in [0, 0.05) is 49.1 Å². The lowest BCUT2D eigenvalue weighted by atomic mass is 9.92. The average Bonchev–Trinajstić information content (AvgIpc) is 3.33. The van der Waals surface area contributed by atoms with Crippen molar-refractivity contribution < 1.29 is 28.2 Å². The van der Waals surface area contributed by atoms with E-state index in [9.17, 15) is 18.8 Å². The number of nitrogens with zero attached hydrogens (tertiary/aromatic N) is 3. The van der Waals surface area contributed by atoms with Crippen molar-refractivity contribution in [1.29, 1.82) is 0 Å². The number of carbonyl (C=O) groups excluding carboxylic acids is 3. The van der Waals surface area contributed by atoms with Crippen LogP contribution in [-0.4, -0.2) is 76.7 Å². The molecule has 0 aliphatic carbocycles. The van der Waals surface area contributed by atoms with E-state index in [-0.39, 0.29) is 41.7 Å². The Labute approximate surface area is 246 Å². The minimum Gasteiger partial charge on any atom is -0.444 e. The van der Waals surface area contributed by atoms with Gasteiger partial charge in [0.15, 0.2) is 0 Å². The summed E-state index contributed by atoms with van der Waals surface area (Å²) >= 11 is 6.16. The van der Waals surface area contributed by atoms with Crippen molar-refractivity contribution in [2.45, 2.75) is 71.1 Å². The molecule has 2 aliphatic heterocycles. The van der Waals surface area contributed by atoms with Gasteiger partial charge in [-0.3, -0.25) is 9.69 Å². The zero-order chi connectivity index (χ0) is 29.9. The number of piperidine rings is 1. The first-order valence-corrected chi connectivity index (χ1v) is 14.5. The summed E-state index contributed by atoms with van der Waals surface area (Å²) < 4.78 is 24.5. The van der Waals surface area contributed by atoms with Gasteiger partial charge in [0.25, 0.3) is 0 Å². The third-order valence-electron chi connectivity index (χ3n) is 7.54. The predicted molar refractivity (Wildman–Crippen MR) is 154 cm³/mol. The monoisotopic (exact) mass is 587 g/mol. The minimum atomic E-state index is -0.578. The van der Waals surface area contributed by atoms with Crippen molar-refractivity contribution in [3.63, 3.8) is 0 Å². The summed E-state index contributed by atoms with van der Waals surface area (Å²) in [6, 6.07) is 12.2. The fourth-order valence-corrected chi connectivity index (χ4v) is 5.69. The van der Waals surface area contributed by atoms with Crippen molar-refractivity contribution in [2.24, 2.45) is 5.92 Å². The molecule has 0 bridgehead atoms. The van der Waals surface area contributed by atoms with E-state index in [1.165, 1.54) is 24.3 Å². The molecule has 4 rings (SSSR count). The van der Waals surface area contributed by atoms with Crippen molar-refractivity contribution in [3.05, 3.63) is 64.9 Å². The third-order valence-corrected chi connectivity index (χ3v) is 7.79. The lowest BCUT2D eigenvalue weighted by molar-refractivity contribution is -0.136. The molecule has 2 aromatic carbocycles. The van der Waals surface area contributed by atoms with Gasteiger partial charge in [-0.15, -0.1) is 0 Å². The molecule has 10 heteroatoms. The van der Waals surface area contributed by atoms with Gasteiger partial charge < -0.3 is 19.3 Å². The Bertz CT molecular complexity index is 1220. The summed E-state index contributed by atoms with van der Waals surface area (Å²) in [5, 5.41) is 0.601. The number of hydrogen-bond donors (Lipinski definition) is 0. The van der Waals surface area contributed by atoms with Crippen molar-refractivity contribution >= 4 is 29.7 Å². The van der Waals surface area contributed by atoms with Crippen LogP contribution in [0.1, 0.15) is 58.9 Å². The van der Waals surface area contributed by atoms with Crippen LogP contribution in [0.4, 0.5) is 14.0 Å². The highest BCUT2D eigenvalue weighted by molar-refractivity contribution is 6.30. The quantitative estimate of drug-likeness (QED) is 0.408. The van der Waals surface area contributed by atoms with Crippen molar-refractivity contribution in [3.8, 4) is 5.75 Å². The maximum absolute atomic E-state index is 13.8. The van der Waals surface area contributed by atoms with Crippen LogP contribution in [0.15, 0.2) is 48.5 Å². The molecular formula is C31H39ClFN3O5. The molecule has 0 N–H and O–H groups in total. The van der Waals surface area contributed by atoms with Crippen LogP contribution in [0.3, 0.4) is 0 Å². The van der Waals surface area contributed by atoms with Crippen LogP contribution in [-0.2, 0) is 9.53 Å². The van der Waals surface area contributed by atoms with E-state index in [4.69, 9.17) is 21.1 Å². The molecule has 0 radical (unpaired) electrons. The van der Waals surface area contributed by atoms with Gasteiger partial charge in [0.2, 0.25) is 5.91 Å². The summed E-state index contributed by atoms with van der Waals surface area (Å²) in [4.78, 5) is 44.9. The van der Waals surface area contributed by atoms with E-state index in [2.05, 4.69) is 0 Å². The van der Waals surface area contributed by atoms with E-state index < -0.39 is 17.5 Å². The molecule has 2 heterocycles. The third kappa shape index (κ3) is 7.70. The average molecular weight is 588 g/mol. The number of benzene rings is 2. The Hall–Kier alpha value is -3.33. The highest BCUT2D eigenvalue weighted by Gasteiger charge is 2.44. The topological polar surface area (TPSA) is 79.4 Å². The number of halogens is 2. The van der Waals surface area contributed by atoms with Gasteiger partial charge in [0.05, 0.1) is 6.04 Å². The maximum atomic E-state index is 13.8. The Morgan fingerprint density at radius 3 is 2.12 bits per heavy atom. The van der Waals surface area contributed by atoms with Crippen molar-refractivity contribution in [2.75, 3.05) is 26.2 Å². The molecule has 2 fully saturated rings. The second-order valence-corrected chi connectivity index (χ2v) is 12.5. The SMILES string of the molecule is CC(C)N(C(=O)Oc1ccc(F)cc1)C1CN(C(=O)C2CCN(C(=O)OC(C)(C)C)CC2)C[C@@H]1c1ccc(Cl)cc1. The molecule has 2 aliphatic rings. The highest BCUT2D eigenvalue weighted by atomic mass is 35.5. The Kier molecular flexibility index (Phi) is 9.47. The van der Waals surface area contributed by atoms with E-state index in [0.717, 1.165) is 5.56 Å². The molecule has 2 atom stereocenters. The van der Waals surface area contributed by atoms with Crippen molar-refractivity contribution in [1.82, 2.24) is 14.7 Å². The summed E-state index contributed by atoms with van der Waals surface area (Å²) in [7, 11) is 0. The molecule has 1 unspecified atom stereocenters. The number of carbonyl (C=O) groups is 3. The molecule has 2 saturated heterocycles. The molecule has 3 amide bonds. The highest BCUT2D eigenvalue weighted by Crippen LogP contribution is 2.35. The fraction of sp³-hybridized carbons (Fsp3) is 0.516. The van der Waals surface area contributed by atoms with Gasteiger partial charge in [-0.2, -0.15) is 0 Å². The van der Waals surface area contributed by atoms with E-state index in [0.29, 0.717) is 44.0 Å². The first-order chi connectivity index (χ1) is 19.3. The number of hydrogen-bond acceptors (Lipinski definition) is 5. The van der Waals surface area contributed by atoms with Crippen LogP contribution in [0, 0.1) is 11.7 Å². The van der Waals surface area contributed by atoms with Gasteiger partial charge in [-0.05, 0) is 89.4 Å². The van der Waals surface area contributed by atoms with E-state index in [1.807, 2.05) is 51.7 Å².